The zero-order chi connectivity index (χ0) is 15.1. The maximum Gasteiger partial charge on any atom is 0.243 e. The Kier molecular flexibility index (Phi) is 5.90. The lowest BCUT2D eigenvalue weighted by molar-refractivity contribution is -0.142. The first kappa shape index (κ1) is 15.7. The summed E-state index contributed by atoms with van der Waals surface area (Å²) in [5.41, 5.74) is 6.73. The minimum absolute atomic E-state index is 0.0431. The molecule has 0 radical (unpaired) electrons. The second-order valence-electron chi connectivity index (χ2n) is 5.38. The maximum absolute atomic E-state index is 12.3. The van der Waals surface area contributed by atoms with E-state index in [9.17, 15) is 9.59 Å². The number of rotatable bonds is 7. The van der Waals surface area contributed by atoms with Crippen LogP contribution in [-0.2, 0) is 16.1 Å². The van der Waals surface area contributed by atoms with Gasteiger partial charge in [0.2, 0.25) is 11.8 Å². The summed E-state index contributed by atoms with van der Waals surface area (Å²) in [6.45, 7) is 2.91. The number of amides is 2. The molecule has 2 rings (SSSR count). The molecule has 114 valence electrons. The van der Waals surface area contributed by atoms with Crippen molar-refractivity contribution in [2.45, 2.75) is 25.8 Å². The van der Waals surface area contributed by atoms with Gasteiger partial charge in [-0.1, -0.05) is 30.3 Å². The topological polar surface area (TPSA) is 66.6 Å². The number of benzene rings is 1. The first-order chi connectivity index (χ1) is 10.2. The van der Waals surface area contributed by atoms with Crippen molar-refractivity contribution in [2.24, 2.45) is 5.73 Å². The Balaban J connectivity index is 1.95. The molecule has 21 heavy (non-hydrogen) atoms. The van der Waals surface area contributed by atoms with Gasteiger partial charge in [0.15, 0.2) is 0 Å². The third kappa shape index (κ3) is 4.65. The molecule has 0 aromatic heterocycles. The lowest BCUT2D eigenvalue weighted by atomic mass is 10.2. The lowest BCUT2D eigenvalue weighted by Gasteiger charge is -2.24. The van der Waals surface area contributed by atoms with Crippen LogP contribution in [0.15, 0.2) is 30.3 Å². The summed E-state index contributed by atoms with van der Waals surface area (Å²) in [7, 11) is 0. The molecular formula is C16H23N3O2. The smallest absolute Gasteiger partial charge is 0.243 e. The van der Waals surface area contributed by atoms with Gasteiger partial charge in [-0.25, -0.2) is 0 Å². The van der Waals surface area contributed by atoms with Gasteiger partial charge in [0.05, 0.1) is 6.54 Å². The quantitative estimate of drug-likeness (QED) is 0.813. The average Bonchev–Trinajstić information content (AvgIpc) is 2.92. The summed E-state index contributed by atoms with van der Waals surface area (Å²) in [6.07, 6.45) is 2.12. The third-order valence-corrected chi connectivity index (χ3v) is 3.66. The lowest BCUT2D eigenvalue weighted by Crippen LogP contribution is -2.41. The summed E-state index contributed by atoms with van der Waals surface area (Å²) in [6, 6.07) is 10.0. The number of carbonyl (C=O) groups is 2. The van der Waals surface area contributed by atoms with E-state index in [1.807, 2.05) is 30.3 Å². The highest BCUT2D eigenvalue weighted by atomic mass is 16.2. The Morgan fingerprint density at radius 1 is 1.29 bits per heavy atom. The van der Waals surface area contributed by atoms with Crippen molar-refractivity contribution in [3.8, 4) is 0 Å². The van der Waals surface area contributed by atoms with Gasteiger partial charge in [0.1, 0.15) is 0 Å². The molecule has 2 amide bonds. The van der Waals surface area contributed by atoms with Gasteiger partial charge < -0.3 is 5.73 Å². The van der Waals surface area contributed by atoms with Crippen molar-refractivity contribution in [3.63, 3.8) is 0 Å². The SMILES string of the molecule is NCCCN(CC(=O)N1CCCC1=O)Cc1ccccc1. The fourth-order valence-electron chi connectivity index (χ4n) is 2.56. The molecule has 0 spiro atoms. The summed E-state index contributed by atoms with van der Waals surface area (Å²) in [5.74, 6) is -0.135. The number of carbonyl (C=O) groups excluding carboxylic acids is 2. The van der Waals surface area contributed by atoms with E-state index in [1.165, 1.54) is 4.90 Å². The fraction of sp³-hybridized carbons (Fsp3) is 0.500. The molecule has 0 atom stereocenters. The molecule has 1 saturated heterocycles. The molecule has 0 saturated carbocycles. The van der Waals surface area contributed by atoms with E-state index in [1.54, 1.807) is 0 Å². The minimum atomic E-state index is -0.0922. The van der Waals surface area contributed by atoms with Crippen LogP contribution in [0.4, 0.5) is 0 Å². The highest BCUT2D eigenvalue weighted by molar-refractivity contribution is 5.97. The Morgan fingerprint density at radius 2 is 2.05 bits per heavy atom. The van der Waals surface area contributed by atoms with E-state index in [2.05, 4.69) is 4.90 Å². The minimum Gasteiger partial charge on any atom is -0.330 e. The van der Waals surface area contributed by atoms with Crippen molar-refractivity contribution >= 4 is 11.8 Å². The fourth-order valence-corrected chi connectivity index (χ4v) is 2.56. The number of hydrogen-bond donors (Lipinski definition) is 1. The van der Waals surface area contributed by atoms with Gasteiger partial charge in [-0.15, -0.1) is 0 Å². The van der Waals surface area contributed by atoms with E-state index in [0.29, 0.717) is 26.1 Å². The largest absolute Gasteiger partial charge is 0.330 e. The average molecular weight is 289 g/mol. The van der Waals surface area contributed by atoms with Crippen molar-refractivity contribution in [3.05, 3.63) is 35.9 Å². The van der Waals surface area contributed by atoms with Crippen LogP contribution in [0.25, 0.3) is 0 Å². The monoisotopic (exact) mass is 289 g/mol. The van der Waals surface area contributed by atoms with Gasteiger partial charge in [-0.2, -0.15) is 0 Å². The third-order valence-electron chi connectivity index (χ3n) is 3.66. The van der Waals surface area contributed by atoms with E-state index in [0.717, 1.165) is 24.9 Å². The van der Waals surface area contributed by atoms with Gasteiger partial charge in [-0.05, 0) is 24.9 Å². The van der Waals surface area contributed by atoms with Crippen LogP contribution in [0.5, 0.6) is 0 Å². The zero-order valence-corrected chi connectivity index (χ0v) is 12.3. The molecule has 1 aromatic rings. The Morgan fingerprint density at radius 3 is 2.67 bits per heavy atom. The van der Waals surface area contributed by atoms with Crippen molar-refractivity contribution in [2.75, 3.05) is 26.2 Å². The summed E-state index contributed by atoms with van der Waals surface area (Å²) in [5, 5.41) is 0. The van der Waals surface area contributed by atoms with Crippen molar-refractivity contribution < 1.29 is 9.59 Å². The molecule has 5 nitrogen and oxygen atoms in total. The summed E-state index contributed by atoms with van der Waals surface area (Å²) < 4.78 is 0. The number of imide groups is 1. The van der Waals surface area contributed by atoms with Crippen LogP contribution in [0.2, 0.25) is 0 Å². The maximum atomic E-state index is 12.3. The van der Waals surface area contributed by atoms with E-state index < -0.39 is 0 Å². The van der Waals surface area contributed by atoms with E-state index in [4.69, 9.17) is 5.73 Å². The molecule has 0 unspecified atom stereocenters. The summed E-state index contributed by atoms with van der Waals surface area (Å²) >= 11 is 0. The Labute approximate surface area is 125 Å². The van der Waals surface area contributed by atoms with Crippen molar-refractivity contribution in [1.82, 2.24) is 9.80 Å². The molecule has 1 aromatic carbocycles. The normalized spacial score (nSPS) is 15.0. The summed E-state index contributed by atoms with van der Waals surface area (Å²) in [4.78, 5) is 27.3. The van der Waals surface area contributed by atoms with Gasteiger partial charge in [-0.3, -0.25) is 19.4 Å². The predicted octanol–water partition coefficient (Wildman–Crippen LogP) is 0.986. The number of nitrogens with two attached hydrogens (primary N) is 1. The zero-order valence-electron chi connectivity index (χ0n) is 12.3. The molecular weight excluding hydrogens is 266 g/mol. The number of hydrogen-bond acceptors (Lipinski definition) is 4. The Hall–Kier alpha value is -1.72. The van der Waals surface area contributed by atoms with E-state index in [-0.39, 0.29) is 18.4 Å². The molecule has 0 bridgehead atoms. The Bertz CT molecular complexity index is 476. The molecule has 1 heterocycles. The number of nitrogens with zero attached hydrogens (tertiary/aromatic N) is 2. The molecule has 5 heteroatoms. The van der Waals surface area contributed by atoms with Crippen molar-refractivity contribution in [1.29, 1.82) is 0 Å². The molecule has 2 N–H and O–H groups in total. The standard InChI is InChI=1S/C16H23N3O2/c17-9-5-10-18(12-14-6-2-1-3-7-14)13-16(21)19-11-4-8-15(19)20/h1-3,6-7H,4-5,8-13,17H2. The van der Waals surface area contributed by atoms with Crippen LogP contribution >= 0.6 is 0 Å². The van der Waals surface area contributed by atoms with E-state index >= 15 is 0 Å². The van der Waals surface area contributed by atoms with Gasteiger partial charge >= 0.3 is 0 Å². The van der Waals surface area contributed by atoms with Crippen LogP contribution in [0, 0.1) is 0 Å². The second kappa shape index (κ2) is 7.90. The molecule has 1 fully saturated rings. The van der Waals surface area contributed by atoms with Gasteiger partial charge in [0, 0.05) is 26.1 Å². The molecule has 1 aliphatic heterocycles. The highest BCUT2D eigenvalue weighted by Gasteiger charge is 2.27. The second-order valence-corrected chi connectivity index (χ2v) is 5.38. The van der Waals surface area contributed by atoms with Crippen LogP contribution in [0.3, 0.4) is 0 Å². The van der Waals surface area contributed by atoms with Crippen LogP contribution < -0.4 is 5.73 Å². The molecule has 1 aliphatic rings. The predicted molar refractivity (Wildman–Crippen MR) is 81.3 cm³/mol. The number of likely N-dealkylation sites (tertiary alicyclic amines) is 1. The molecule has 0 aliphatic carbocycles. The first-order valence-corrected chi connectivity index (χ1v) is 7.50. The van der Waals surface area contributed by atoms with Crippen LogP contribution in [0.1, 0.15) is 24.8 Å². The van der Waals surface area contributed by atoms with Gasteiger partial charge in [0.25, 0.3) is 0 Å². The highest BCUT2D eigenvalue weighted by Crippen LogP contribution is 2.11. The first-order valence-electron chi connectivity index (χ1n) is 7.50. The van der Waals surface area contributed by atoms with Crippen LogP contribution in [-0.4, -0.2) is 47.8 Å².